The fraction of sp³-hybridized carbons (Fsp3) is 0.375. The molecule has 2 atom stereocenters. The van der Waals surface area contributed by atoms with Crippen molar-refractivity contribution in [3.05, 3.63) is 46.7 Å². The molecule has 1 aromatic carbocycles. The summed E-state index contributed by atoms with van der Waals surface area (Å²) < 4.78 is 13.1. The number of carbonyl (C=O) groups is 1. The number of amides is 1. The summed E-state index contributed by atoms with van der Waals surface area (Å²) in [5.41, 5.74) is 8.08. The van der Waals surface area contributed by atoms with E-state index in [2.05, 4.69) is 21.2 Å². The molecule has 1 aliphatic heterocycles. The first-order valence-corrected chi connectivity index (χ1v) is 8.59. The minimum Gasteiger partial charge on any atom is -0.302 e. The molecule has 1 saturated carbocycles. The van der Waals surface area contributed by atoms with Crippen LogP contribution in [0.25, 0.3) is 0 Å². The molecule has 0 spiro atoms. The van der Waals surface area contributed by atoms with Crippen LogP contribution in [0.1, 0.15) is 36.1 Å². The number of nitrogens with one attached hydrogen (secondary N) is 3. The third-order valence-electron chi connectivity index (χ3n) is 4.30. The summed E-state index contributed by atoms with van der Waals surface area (Å²) in [5, 5.41) is 5.59. The fourth-order valence-electron chi connectivity index (χ4n) is 2.84. The Labute approximate surface area is 137 Å². The van der Waals surface area contributed by atoms with Gasteiger partial charge in [-0.05, 0) is 30.5 Å². The van der Waals surface area contributed by atoms with Crippen molar-refractivity contribution in [2.45, 2.75) is 24.8 Å². The smallest absolute Gasteiger partial charge is 0.232 e. The van der Waals surface area contributed by atoms with Gasteiger partial charge in [-0.3, -0.25) is 10.2 Å². The Hall–Kier alpha value is -1.83. The molecule has 120 valence electrons. The van der Waals surface area contributed by atoms with Crippen LogP contribution in [0.2, 0.25) is 0 Å². The summed E-state index contributed by atoms with van der Waals surface area (Å²) >= 11 is 1.47. The molecule has 2 unspecified atom stereocenters. The number of rotatable bonds is 4. The van der Waals surface area contributed by atoms with Gasteiger partial charge in [-0.15, -0.1) is 11.3 Å². The van der Waals surface area contributed by atoms with Crippen LogP contribution in [-0.2, 0) is 4.79 Å². The second kappa shape index (κ2) is 5.99. The molecule has 1 aliphatic carbocycles. The standard InChI is InChI=1S/C16H17FN4OS/c17-11-5-3-10(4-6-11)14-12(7-18-21-14)15(22)20-16-19-13(8-23-16)9-1-2-9/h3-6,8-9,12,14,18,21H,1-2,7H2,(H,19,20,22). The molecular formula is C16H17FN4OS. The van der Waals surface area contributed by atoms with Gasteiger partial charge >= 0.3 is 0 Å². The second-order valence-corrected chi connectivity index (χ2v) is 6.86. The van der Waals surface area contributed by atoms with E-state index in [1.807, 2.05) is 5.38 Å². The van der Waals surface area contributed by atoms with Crippen LogP contribution in [0, 0.1) is 11.7 Å². The minimum atomic E-state index is -0.281. The molecule has 2 fully saturated rings. The normalized spacial score (nSPS) is 23.9. The number of hydrogen-bond acceptors (Lipinski definition) is 5. The van der Waals surface area contributed by atoms with E-state index in [4.69, 9.17) is 0 Å². The van der Waals surface area contributed by atoms with Gasteiger partial charge in [-0.1, -0.05) is 12.1 Å². The Morgan fingerprint density at radius 3 is 2.83 bits per heavy atom. The lowest BCUT2D eigenvalue weighted by molar-refractivity contribution is -0.119. The minimum absolute atomic E-state index is 0.0754. The maximum Gasteiger partial charge on any atom is 0.232 e. The summed E-state index contributed by atoms with van der Waals surface area (Å²) in [7, 11) is 0. The summed E-state index contributed by atoms with van der Waals surface area (Å²) in [6.07, 6.45) is 2.39. The zero-order chi connectivity index (χ0) is 15.8. The fourth-order valence-corrected chi connectivity index (χ4v) is 3.63. The molecule has 1 saturated heterocycles. The molecular weight excluding hydrogens is 315 g/mol. The number of hydrazine groups is 1. The van der Waals surface area contributed by atoms with Gasteiger partial charge in [0.2, 0.25) is 5.91 Å². The number of aromatic nitrogens is 1. The van der Waals surface area contributed by atoms with Crippen LogP contribution < -0.4 is 16.2 Å². The Bertz CT molecular complexity index is 713. The van der Waals surface area contributed by atoms with Crippen molar-refractivity contribution in [1.29, 1.82) is 0 Å². The Balaban J connectivity index is 1.46. The number of carbonyl (C=O) groups excluding carboxylic acids is 1. The van der Waals surface area contributed by atoms with Crippen molar-refractivity contribution < 1.29 is 9.18 Å². The lowest BCUT2D eigenvalue weighted by Crippen LogP contribution is -2.29. The number of benzene rings is 1. The number of thiazole rings is 1. The summed E-state index contributed by atoms with van der Waals surface area (Å²) in [5.74, 6) is -0.0444. The van der Waals surface area contributed by atoms with Crippen LogP contribution in [0.3, 0.4) is 0 Å². The van der Waals surface area contributed by atoms with Gasteiger partial charge in [0.05, 0.1) is 17.7 Å². The highest BCUT2D eigenvalue weighted by Crippen LogP contribution is 2.41. The molecule has 0 radical (unpaired) electrons. The van der Waals surface area contributed by atoms with Gasteiger partial charge in [0, 0.05) is 17.8 Å². The van der Waals surface area contributed by atoms with Gasteiger partial charge < -0.3 is 5.32 Å². The van der Waals surface area contributed by atoms with Crippen LogP contribution in [-0.4, -0.2) is 17.4 Å². The highest BCUT2D eigenvalue weighted by molar-refractivity contribution is 7.13. The van der Waals surface area contributed by atoms with E-state index in [1.54, 1.807) is 12.1 Å². The maximum atomic E-state index is 13.1. The summed E-state index contributed by atoms with van der Waals surface area (Å²) in [6.45, 7) is 0.523. The molecule has 2 aliphatic rings. The largest absolute Gasteiger partial charge is 0.302 e. The van der Waals surface area contributed by atoms with Crippen molar-refractivity contribution in [3.63, 3.8) is 0 Å². The summed E-state index contributed by atoms with van der Waals surface area (Å²) in [6, 6.07) is 6.04. The lowest BCUT2D eigenvalue weighted by atomic mass is 9.94. The van der Waals surface area contributed by atoms with Crippen LogP contribution in [0.15, 0.2) is 29.6 Å². The predicted octanol–water partition coefficient (Wildman–Crippen LogP) is 2.56. The molecule has 1 aromatic heterocycles. The van der Waals surface area contributed by atoms with Crippen molar-refractivity contribution in [2.24, 2.45) is 5.92 Å². The number of hydrogen-bond donors (Lipinski definition) is 3. The predicted molar refractivity (Wildman–Crippen MR) is 86.5 cm³/mol. The molecule has 23 heavy (non-hydrogen) atoms. The zero-order valence-electron chi connectivity index (χ0n) is 12.4. The highest BCUT2D eigenvalue weighted by atomic mass is 32.1. The maximum absolute atomic E-state index is 13.1. The SMILES string of the molecule is O=C(Nc1nc(C2CC2)cs1)C1CNNC1c1ccc(F)cc1. The van der Waals surface area contributed by atoms with Gasteiger partial charge in [-0.25, -0.2) is 14.8 Å². The van der Waals surface area contributed by atoms with Crippen molar-refractivity contribution in [1.82, 2.24) is 15.8 Å². The molecule has 3 N–H and O–H groups in total. The van der Waals surface area contributed by atoms with E-state index in [0.29, 0.717) is 17.6 Å². The van der Waals surface area contributed by atoms with Gasteiger partial charge in [0.25, 0.3) is 0 Å². The van der Waals surface area contributed by atoms with E-state index in [-0.39, 0.29) is 23.7 Å². The first kappa shape index (κ1) is 14.7. The Morgan fingerprint density at radius 1 is 1.30 bits per heavy atom. The molecule has 0 bridgehead atoms. The molecule has 1 amide bonds. The third kappa shape index (κ3) is 3.12. The third-order valence-corrected chi connectivity index (χ3v) is 5.07. The monoisotopic (exact) mass is 332 g/mol. The van der Waals surface area contributed by atoms with Crippen LogP contribution in [0.4, 0.5) is 9.52 Å². The highest BCUT2D eigenvalue weighted by Gasteiger charge is 2.34. The van der Waals surface area contributed by atoms with Crippen molar-refractivity contribution >= 4 is 22.4 Å². The number of nitrogens with zero attached hydrogens (tertiary/aromatic N) is 1. The van der Waals surface area contributed by atoms with E-state index in [0.717, 1.165) is 11.3 Å². The van der Waals surface area contributed by atoms with Crippen molar-refractivity contribution in [2.75, 3.05) is 11.9 Å². The first-order chi connectivity index (χ1) is 11.2. The molecule has 4 rings (SSSR count). The average Bonchev–Trinajstić information content (AvgIpc) is 3.09. The van der Waals surface area contributed by atoms with Gasteiger partial charge in [0.15, 0.2) is 5.13 Å². The van der Waals surface area contributed by atoms with Crippen LogP contribution >= 0.6 is 11.3 Å². The van der Waals surface area contributed by atoms with E-state index in [1.165, 1.54) is 36.3 Å². The van der Waals surface area contributed by atoms with Crippen LogP contribution in [0.5, 0.6) is 0 Å². The topological polar surface area (TPSA) is 66.0 Å². The first-order valence-electron chi connectivity index (χ1n) is 7.71. The van der Waals surface area contributed by atoms with E-state index in [9.17, 15) is 9.18 Å². The van der Waals surface area contributed by atoms with Gasteiger partial charge in [-0.2, -0.15) is 0 Å². The molecule has 5 nitrogen and oxygen atoms in total. The number of halogens is 1. The zero-order valence-corrected chi connectivity index (χ0v) is 13.2. The second-order valence-electron chi connectivity index (χ2n) is 6.00. The lowest BCUT2D eigenvalue weighted by Gasteiger charge is -2.17. The van der Waals surface area contributed by atoms with Crippen molar-refractivity contribution in [3.8, 4) is 0 Å². The quantitative estimate of drug-likeness (QED) is 0.805. The average molecular weight is 332 g/mol. The van der Waals surface area contributed by atoms with E-state index < -0.39 is 0 Å². The molecule has 2 heterocycles. The molecule has 2 aromatic rings. The Kier molecular flexibility index (Phi) is 3.84. The number of anilines is 1. The van der Waals surface area contributed by atoms with E-state index >= 15 is 0 Å². The Morgan fingerprint density at radius 2 is 2.09 bits per heavy atom. The molecule has 7 heteroatoms. The summed E-state index contributed by atoms with van der Waals surface area (Å²) in [4.78, 5) is 17.1. The van der Waals surface area contributed by atoms with Gasteiger partial charge in [0.1, 0.15) is 5.82 Å².